The number of nitrogen functional groups attached to an aromatic ring is 1. The molecule has 1 fully saturated rings. The third kappa shape index (κ3) is 1.99. The van der Waals surface area contributed by atoms with Crippen LogP contribution in [0.2, 0.25) is 0 Å². The molecular formula is C12H17N5O2. The number of H-pyrrole nitrogens is 1. The summed E-state index contributed by atoms with van der Waals surface area (Å²) < 4.78 is 11.0. The summed E-state index contributed by atoms with van der Waals surface area (Å²) in [5, 5.41) is 10.6. The van der Waals surface area contributed by atoms with Crippen LogP contribution in [0.5, 0.6) is 0 Å². The molecule has 1 aliphatic rings. The third-order valence-electron chi connectivity index (χ3n) is 3.78. The fourth-order valence-electron chi connectivity index (χ4n) is 2.63. The smallest absolute Gasteiger partial charge is 0.263 e. The summed E-state index contributed by atoms with van der Waals surface area (Å²) in [4.78, 5) is 4.44. The number of hydrogen-bond donors (Lipinski definition) is 2. The molecule has 0 spiro atoms. The SMILES string of the molecule is COC1(c2noc(-c3cn[nH]c3N)n2)CCCCC1. The van der Waals surface area contributed by atoms with Crippen LogP contribution in [-0.4, -0.2) is 27.4 Å². The molecule has 7 heteroatoms. The van der Waals surface area contributed by atoms with E-state index in [2.05, 4.69) is 20.3 Å². The van der Waals surface area contributed by atoms with Gasteiger partial charge in [0.25, 0.3) is 5.89 Å². The summed E-state index contributed by atoms with van der Waals surface area (Å²) in [5.41, 5.74) is 5.96. The maximum atomic E-state index is 5.75. The lowest BCUT2D eigenvalue weighted by Crippen LogP contribution is -2.32. The zero-order valence-electron chi connectivity index (χ0n) is 10.8. The second-order valence-electron chi connectivity index (χ2n) is 4.88. The van der Waals surface area contributed by atoms with Gasteiger partial charge in [0.05, 0.1) is 6.20 Å². The van der Waals surface area contributed by atoms with E-state index in [1.165, 1.54) is 6.42 Å². The van der Waals surface area contributed by atoms with Gasteiger partial charge >= 0.3 is 0 Å². The molecule has 1 saturated carbocycles. The molecule has 0 radical (unpaired) electrons. The Kier molecular flexibility index (Phi) is 2.98. The molecule has 0 unspecified atom stereocenters. The number of hydrogen-bond acceptors (Lipinski definition) is 6. The molecular weight excluding hydrogens is 246 g/mol. The van der Waals surface area contributed by atoms with Gasteiger partial charge in [-0.3, -0.25) is 5.10 Å². The number of nitrogens with zero attached hydrogens (tertiary/aromatic N) is 3. The van der Waals surface area contributed by atoms with Gasteiger partial charge in [0.2, 0.25) is 5.82 Å². The Hall–Kier alpha value is -1.89. The lowest BCUT2D eigenvalue weighted by Gasteiger charge is -2.32. The molecule has 2 aromatic rings. The topological polar surface area (TPSA) is 103 Å². The molecule has 3 rings (SSSR count). The first-order chi connectivity index (χ1) is 9.25. The predicted octanol–water partition coefficient (Wildman–Crippen LogP) is 1.85. The normalized spacial score (nSPS) is 18.6. The van der Waals surface area contributed by atoms with Crippen molar-refractivity contribution in [1.82, 2.24) is 20.3 Å². The van der Waals surface area contributed by atoms with Crippen LogP contribution in [0.25, 0.3) is 11.5 Å². The number of anilines is 1. The highest BCUT2D eigenvalue weighted by Crippen LogP contribution is 2.39. The minimum atomic E-state index is -0.418. The van der Waals surface area contributed by atoms with Crippen LogP contribution >= 0.6 is 0 Å². The minimum Gasteiger partial charge on any atom is -0.383 e. The summed E-state index contributed by atoms with van der Waals surface area (Å²) in [7, 11) is 1.70. The quantitative estimate of drug-likeness (QED) is 0.875. The molecule has 7 nitrogen and oxygen atoms in total. The highest BCUT2D eigenvalue weighted by atomic mass is 16.5. The highest BCUT2D eigenvalue weighted by Gasteiger charge is 2.38. The van der Waals surface area contributed by atoms with Crippen molar-refractivity contribution in [1.29, 1.82) is 0 Å². The summed E-state index contributed by atoms with van der Waals surface area (Å²) in [6.07, 6.45) is 6.88. The number of aromatic amines is 1. The molecule has 0 aromatic carbocycles. The molecule has 0 amide bonds. The van der Waals surface area contributed by atoms with Crippen LogP contribution in [0.3, 0.4) is 0 Å². The first-order valence-electron chi connectivity index (χ1n) is 6.44. The maximum absolute atomic E-state index is 5.75. The van der Waals surface area contributed by atoms with E-state index in [9.17, 15) is 0 Å². The Bertz CT molecular complexity index is 556. The van der Waals surface area contributed by atoms with E-state index in [1.807, 2.05) is 0 Å². The second kappa shape index (κ2) is 4.65. The van der Waals surface area contributed by atoms with Gasteiger partial charge in [0, 0.05) is 7.11 Å². The monoisotopic (exact) mass is 263 g/mol. The van der Waals surface area contributed by atoms with Crippen molar-refractivity contribution < 1.29 is 9.26 Å². The first-order valence-corrected chi connectivity index (χ1v) is 6.44. The van der Waals surface area contributed by atoms with Gasteiger partial charge in [-0.25, -0.2) is 0 Å². The number of nitrogens with one attached hydrogen (secondary N) is 1. The van der Waals surface area contributed by atoms with Crippen LogP contribution in [-0.2, 0) is 10.3 Å². The van der Waals surface area contributed by atoms with E-state index >= 15 is 0 Å². The van der Waals surface area contributed by atoms with Crippen molar-refractivity contribution >= 4 is 5.82 Å². The Morgan fingerprint density at radius 3 is 2.79 bits per heavy atom. The summed E-state index contributed by atoms with van der Waals surface area (Å²) >= 11 is 0. The lowest BCUT2D eigenvalue weighted by atomic mass is 9.84. The summed E-state index contributed by atoms with van der Waals surface area (Å²) in [6, 6.07) is 0. The van der Waals surface area contributed by atoms with Crippen LogP contribution in [0.15, 0.2) is 10.7 Å². The number of ether oxygens (including phenoxy) is 1. The standard InChI is InChI=1S/C12H17N5O2/c1-18-12(5-3-2-4-6-12)11-15-10(19-17-11)8-7-14-16-9(8)13/h7H,2-6H2,1H3,(H3,13,14,16). The lowest BCUT2D eigenvalue weighted by molar-refractivity contribution is -0.0527. The summed E-state index contributed by atoms with van der Waals surface area (Å²) in [5.74, 6) is 1.40. The molecule has 0 aliphatic heterocycles. The Morgan fingerprint density at radius 2 is 2.16 bits per heavy atom. The molecule has 3 N–H and O–H groups in total. The van der Waals surface area contributed by atoms with Gasteiger partial charge in [0.1, 0.15) is 17.0 Å². The van der Waals surface area contributed by atoms with Crippen LogP contribution in [0.1, 0.15) is 37.9 Å². The largest absolute Gasteiger partial charge is 0.383 e. The van der Waals surface area contributed by atoms with E-state index < -0.39 is 5.60 Å². The van der Waals surface area contributed by atoms with Gasteiger partial charge < -0.3 is 15.0 Å². The molecule has 0 bridgehead atoms. The van der Waals surface area contributed by atoms with E-state index in [1.54, 1.807) is 13.3 Å². The maximum Gasteiger partial charge on any atom is 0.263 e. The first kappa shape index (κ1) is 12.2. The molecule has 1 aliphatic carbocycles. The zero-order valence-corrected chi connectivity index (χ0v) is 10.8. The van der Waals surface area contributed by atoms with E-state index in [0.29, 0.717) is 23.1 Å². The molecule has 2 aromatic heterocycles. The van der Waals surface area contributed by atoms with Crippen molar-refractivity contribution in [3.8, 4) is 11.5 Å². The van der Waals surface area contributed by atoms with Gasteiger partial charge in [-0.2, -0.15) is 10.1 Å². The molecule has 19 heavy (non-hydrogen) atoms. The number of nitrogens with two attached hydrogens (primary N) is 1. The minimum absolute atomic E-state index is 0.378. The van der Waals surface area contributed by atoms with E-state index in [0.717, 1.165) is 25.7 Å². The Labute approximate surface area is 110 Å². The zero-order chi connectivity index (χ0) is 13.3. The predicted molar refractivity (Wildman–Crippen MR) is 68.1 cm³/mol. The van der Waals surface area contributed by atoms with E-state index in [-0.39, 0.29) is 0 Å². The van der Waals surface area contributed by atoms with Crippen LogP contribution in [0, 0.1) is 0 Å². The average Bonchev–Trinajstić information content (AvgIpc) is 3.08. The van der Waals surface area contributed by atoms with Crippen LogP contribution in [0.4, 0.5) is 5.82 Å². The van der Waals surface area contributed by atoms with Crippen molar-refractivity contribution in [2.24, 2.45) is 0 Å². The van der Waals surface area contributed by atoms with Gasteiger partial charge in [-0.15, -0.1) is 0 Å². The number of methoxy groups -OCH3 is 1. The van der Waals surface area contributed by atoms with Gasteiger partial charge in [0.15, 0.2) is 0 Å². The fraction of sp³-hybridized carbons (Fsp3) is 0.583. The molecule has 2 heterocycles. The third-order valence-corrected chi connectivity index (χ3v) is 3.78. The van der Waals surface area contributed by atoms with Crippen molar-refractivity contribution in [2.75, 3.05) is 12.8 Å². The second-order valence-corrected chi connectivity index (χ2v) is 4.88. The van der Waals surface area contributed by atoms with Gasteiger partial charge in [-0.1, -0.05) is 24.4 Å². The Balaban J connectivity index is 1.94. The molecule has 0 atom stereocenters. The Morgan fingerprint density at radius 1 is 1.37 bits per heavy atom. The highest BCUT2D eigenvalue weighted by molar-refractivity contribution is 5.65. The number of rotatable bonds is 3. The van der Waals surface area contributed by atoms with E-state index in [4.69, 9.17) is 15.0 Å². The summed E-state index contributed by atoms with van der Waals surface area (Å²) in [6.45, 7) is 0. The van der Waals surface area contributed by atoms with Crippen molar-refractivity contribution in [3.05, 3.63) is 12.0 Å². The number of aromatic nitrogens is 4. The van der Waals surface area contributed by atoms with Crippen molar-refractivity contribution in [2.45, 2.75) is 37.7 Å². The average molecular weight is 263 g/mol. The molecule has 0 saturated heterocycles. The van der Waals surface area contributed by atoms with Crippen LogP contribution < -0.4 is 5.73 Å². The fourth-order valence-corrected chi connectivity index (χ4v) is 2.63. The molecule has 102 valence electrons. The van der Waals surface area contributed by atoms with Gasteiger partial charge in [-0.05, 0) is 12.8 Å². The van der Waals surface area contributed by atoms with Crippen molar-refractivity contribution in [3.63, 3.8) is 0 Å².